The van der Waals surface area contributed by atoms with Gasteiger partial charge in [-0.15, -0.1) is 0 Å². The van der Waals surface area contributed by atoms with Crippen LogP contribution in [-0.2, 0) is 6.54 Å². The maximum absolute atomic E-state index is 6.27. The Hall–Kier alpha value is -3.41. The lowest BCUT2D eigenvalue weighted by molar-refractivity contribution is 0.249. The van der Waals surface area contributed by atoms with E-state index in [1.54, 1.807) is 0 Å². The Balaban J connectivity index is 1.34. The van der Waals surface area contributed by atoms with E-state index in [0.717, 1.165) is 77.0 Å². The first-order valence-corrected chi connectivity index (χ1v) is 11.6. The second kappa shape index (κ2) is 8.50. The van der Waals surface area contributed by atoms with Gasteiger partial charge in [-0.1, -0.05) is 66.2 Å². The van der Waals surface area contributed by atoms with Crippen molar-refractivity contribution in [2.75, 3.05) is 31.1 Å². The summed E-state index contributed by atoms with van der Waals surface area (Å²) in [6.07, 6.45) is 0. The van der Waals surface area contributed by atoms with E-state index in [4.69, 9.17) is 26.0 Å². The van der Waals surface area contributed by atoms with E-state index in [9.17, 15) is 0 Å². The zero-order chi connectivity index (χ0) is 22.2. The molecule has 0 atom stereocenters. The molecule has 0 amide bonds. The number of halogens is 1. The third-order valence-electron chi connectivity index (χ3n) is 6.23. The number of benzene rings is 3. The summed E-state index contributed by atoms with van der Waals surface area (Å²) in [4.78, 5) is 14.7. The van der Waals surface area contributed by atoms with Gasteiger partial charge in [0.1, 0.15) is 11.1 Å². The summed E-state index contributed by atoms with van der Waals surface area (Å²) < 4.78 is 6.27. The number of rotatable bonds is 4. The van der Waals surface area contributed by atoms with Gasteiger partial charge in [0.15, 0.2) is 17.2 Å². The number of anilines is 1. The first-order valence-electron chi connectivity index (χ1n) is 11.2. The van der Waals surface area contributed by atoms with Crippen LogP contribution in [0.3, 0.4) is 0 Å². The Morgan fingerprint density at radius 3 is 2.30 bits per heavy atom. The quantitative estimate of drug-likeness (QED) is 0.332. The average Bonchev–Trinajstić information content (AvgIpc) is 3.25. The van der Waals surface area contributed by atoms with E-state index in [-0.39, 0.29) is 0 Å². The summed E-state index contributed by atoms with van der Waals surface area (Å²) in [6.45, 7) is 4.59. The third kappa shape index (κ3) is 3.94. The minimum atomic E-state index is 0.730. The molecule has 6 heteroatoms. The van der Waals surface area contributed by atoms with Gasteiger partial charge in [0.2, 0.25) is 0 Å². The van der Waals surface area contributed by atoms with E-state index in [0.29, 0.717) is 0 Å². The largest absolute Gasteiger partial charge is 0.450 e. The molecule has 1 fully saturated rings. The highest BCUT2D eigenvalue weighted by molar-refractivity contribution is 6.30. The third-order valence-corrected chi connectivity index (χ3v) is 6.48. The van der Waals surface area contributed by atoms with Crippen LogP contribution in [0.1, 0.15) is 5.56 Å². The monoisotopic (exact) mass is 454 g/mol. The molecule has 33 heavy (non-hydrogen) atoms. The zero-order valence-corrected chi connectivity index (χ0v) is 18.9. The summed E-state index contributed by atoms with van der Waals surface area (Å²) in [5.41, 5.74) is 4.77. The molecule has 2 aromatic heterocycles. The van der Waals surface area contributed by atoms with Gasteiger partial charge >= 0.3 is 0 Å². The zero-order valence-electron chi connectivity index (χ0n) is 18.1. The van der Waals surface area contributed by atoms with Gasteiger partial charge < -0.3 is 9.32 Å². The molecule has 1 aliphatic rings. The minimum absolute atomic E-state index is 0.730. The lowest BCUT2D eigenvalue weighted by Gasteiger charge is -2.35. The van der Waals surface area contributed by atoms with Crippen LogP contribution in [0, 0.1) is 0 Å². The van der Waals surface area contributed by atoms with Crippen LogP contribution in [-0.4, -0.2) is 41.0 Å². The number of hydrogen-bond donors (Lipinski definition) is 0. The van der Waals surface area contributed by atoms with Crippen LogP contribution >= 0.6 is 11.6 Å². The Morgan fingerprint density at radius 2 is 1.52 bits per heavy atom. The molecule has 0 aliphatic carbocycles. The van der Waals surface area contributed by atoms with Gasteiger partial charge in [0, 0.05) is 48.7 Å². The van der Waals surface area contributed by atoms with E-state index < -0.39 is 0 Å². The van der Waals surface area contributed by atoms with Crippen LogP contribution < -0.4 is 4.90 Å². The van der Waals surface area contributed by atoms with Crippen LogP contribution in [0.25, 0.3) is 33.5 Å². The summed E-state index contributed by atoms with van der Waals surface area (Å²) in [5.74, 6) is 1.61. The fraction of sp³-hybridized carbons (Fsp3) is 0.185. The Bertz CT molecular complexity index is 1410. The van der Waals surface area contributed by atoms with Crippen molar-refractivity contribution in [2.24, 2.45) is 0 Å². The molecule has 0 bridgehead atoms. The van der Waals surface area contributed by atoms with Gasteiger partial charge in [-0.25, -0.2) is 9.97 Å². The van der Waals surface area contributed by atoms with Crippen LogP contribution in [0.4, 0.5) is 5.82 Å². The van der Waals surface area contributed by atoms with Crippen LogP contribution in [0.5, 0.6) is 0 Å². The van der Waals surface area contributed by atoms with Gasteiger partial charge in [-0.2, -0.15) is 0 Å². The normalized spacial score (nSPS) is 14.9. The first-order chi connectivity index (χ1) is 16.2. The van der Waals surface area contributed by atoms with Crippen molar-refractivity contribution in [1.82, 2.24) is 14.9 Å². The maximum Gasteiger partial charge on any atom is 0.196 e. The summed E-state index contributed by atoms with van der Waals surface area (Å²) >= 11 is 6.03. The van der Waals surface area contributed by atoms with E-state index in [2.05, 4.69) is 40.1 Å². The number of piperazine rings is 1. The predicted octanol–water partition coefficient (Wildman–Crippen LogP) is 6.02. The molecule has 0 spiro atoms. The van der Waals surface area contributed by atoms with Crippen molar-refractivity contribution in [3.8, 4) is 11.4 Å². The van der Waals surface area contributed by atoms with Crippen molar-refractivity contribution in [3.05, 3.63) is 89.4 Å². The lowest BCUT2D eigenvalue weighted by atomic mass is 10.2. The molecular weight excluding hydrogens is 432 g/mol. The molecule has 0 radical (unpaired) electrons. The Morgan fingerprint density at radius 1 is 0.788 bits per heavy atom. The lowest BCUT2D eigenvalue weighted by Crippen LogP contribution is -2.46. The first kappa shape index (κ1) is 20.2. The van der Waals surface area contributed by atoms with Gasteiger partial charge in [0.25, 0.3) is 0 Å². The minimum Gasteiger partial charge on any atom is -0.450 e. The van der Waals surface area contributed by atoms with Gasteiger partial charge in [-0.3, -0.25) is 4.90 Å². The summed E-state index contributed by atoms with van der Waals surface area (Å²) in [5, 5.41) is 1.80. The topological polar surface area (TPSA) is 45.4 Å². The van der Waals surface area contributed by atoms with E-state index in [1.165, 1.54) is 5.56 Å². The van der Waals surface area contributed by atoms with Crippen molar-refractivity contribution in [1.29, 1.82) is 0 Å². The highest BCUT2D eigenvalue weighted by atomic mass is 35.5. The second-order valence-electron chi connectivity index (χ2n) is 8.40. The molecule has 0 saturated carbocycles. The highest BCUT2D eigenvalue weighted by Gasteiger charge is 2.24. The van der Waals surface area contributed by atoms with Crippen molar-refractivity contribution in [3.63, 3.8) is 0 Å². The molecule has 6 rings (SSSR count). The second-order valence-corrected chi connectivity index (χ2v) is 8.84. The number of furan rings is 1. The number of fused-ring (bicyclic) bond motifs is 3. The molecule has 0 unspecified atom stereocenters. The van der Waals surface area contributed by atoms with Gasteiger partial charge in [-0.05, 0) is 29.8 Å². The Kier molecular flexibility index (Phi) is 5.21. The van der Waals surface area contributed by atoms with Crippen molar-refractivity contribution in [2.45, 2.75) is 6.54 Å². The van der Waals surface area contributed by atoms with Crippen molar-refractivity contribution >= 4 is 39.5 Å². The average molecular weight is 455 g/mol. The molecule has 3 heterocycles. The summed E-state index contributed by atoms with van der Waals surface area (Å²) in [6, 6.07) is 26.3. The fourth-order valence-corrected chi connectivity index (χ4v) is 4.60. The molecular formula is C27H23ClN4O. The SMILES string of the molecule is Clc1ccc(CN2CCN(c3nc(-c4ccccc4)nc4c3oc3ccccc34)CC2)cc1. The van der Waals surface area contributed by atoms with Crippen LogP contribution in [0.2, 0.25) is 5.02 Å². The van der Waals surface area contributed by atoms with E-state index in [1.807, 2.05) is 48.5 Å². The smallest absolute Gasteiger partial charge is 0.196 e. The number of aromatic nitrogens is 2. The van der Waals surface area contributed by atoms with Crippen molar-refractivity contribution < 1.29 is 4.42 Å². The number of para-hydroxylation sites is 1. The maximum atomic E-state index is 6.27. The standard InChI is InChI=1S/C27H23ClN4O/c28-21-12-10-19(11-13-21)18-31-14-16-32(17-15-31)27-25-24(22-8-4-5-9-23(22)33-25)29-26(30-27)20-6-2-1-3-7-20/h1-13H,14-18H2. The molecule has 164 valence electrons. The number of hydrogen-bond acceptors (Lipinski definition) is 5. The van der Waals surface area contributed by atoms with Crippen LogP contribution in [0.15, 0.2) is 83.3 Å². The molecule has 1 aliphatic heterocycles. The van der Waals surface area contributed by atoms with Gasteiger partial charge in [0.05, 0.1) is 0 Å². The summed E-state index contributed by atoms with van der Waals surface area (Å²) in [7, 11) is 0. The molecule has 5 nitrogen and oxygen atoms in total. The molecule has 1 saturated heterocycles. The van der Waals surface area contributed by atoms with E-state index >= 15 is 0 Å². The highest BCUT2D eigenvalue weighted by Crippen LogP contribution is 2.35. The number of nitrogens with zero attached hydrogens (tertiary/aromatic N) is 4. The fourth-order valence-electron chi connectivity index (χ4n) is 4.47. The predicted molar refractivity (Wildman–Crippen MR) is 134 cm³/mol. The Labute approximate surface area is 197 Å². The molecule has 3 aromatic carbocycles. The molecule has 0 N–H and O–H groups in total. The molecule has 5 aromatic rings.